The molecule has 1 heterocycles. The van der Waals surface area contributed by atoms with Gasteiger partial charge in [-0.1, -0.05) is 0 Å². The normalized spacial score (nSPS) is 36.8. The molecule has 72 valence electrons. The van der Waals surface area contributed by atoms with Crippen molar-refractivity contribution in [3.63, 3.8) is 0 Å². The molecule has 2 aliphatic rings. The summed E-state index contributed by atoms with van der Waals surface area (Å²) >= 11 is 0. The summed E-state index contributed by atoms with van der Waals surface area (Å²) in [5.41, 5.74) is 0. The average Bonchev–Trinajstić information content (AvgIpc) is 2.01. The minimum atomic E-state index is 0. The van der Waals surface area contributed by atoms with Crippen molar-refractivity contribution in [1.82, 2.24) is 5.32 Å². The molecule has 1 saturated heterocycles. The van der Waals surface area contributed by atoms with Crippen molar-refractivity contribution in [3.8, 4) is 0 Å². The maximum atomic E-state index is 9.13. The third-order valence-electron chi connectivity index (χ3n) is 3.20. The summed E-state index contributed by atoms with van der Waals surface area (Å²) in [4.78, 5) is 0. The number of piperidine rings is 1. The van der Waals surface area contributed by atoms with Crippen LogP contribution in [-0.2, 0) is 0 Å². The number of rotatable bonds is 1. The van der Waals surface area contributed by atoms with Gasteiger partial charge in [-0.25, -0.2) is 0 Å². The number of hydrogen-bond acceptors (Lipinski definition) is 2. The summed E-state index contributed by atoms with van der Waals surface area (Å²) in [6.45, 7) is 2.38. The zero-order chi connectivity index (χ0) is 7.68. The monoisotopic (exact) mass is 191 g/mol. The highest BCUT2D eigenvalue weighted by Crippen LogP contribution is 2.37. The van der Waals surface area contributed by atoms with Gasteiger partial charge in [0.25, 0.3) is 0 Å². The second-order valence-corrected chi connectivity index (χ2v) is 3.97. The summed E-state index contributed by atoms with van der Waals surface area (Å²) in [7, 11) is 0. The fraction of sp³-hybridized carbons (Fsp3) is 1.00. The van der Waals surface area contributed by atoms with Crippen molar-refractivity contribution in [2.75, 3.05) is 13.1 Å². The van der Waals surface area contributed by atoms with Crippen molar-refractivity contribution < 1.29 is 5.11 Å². The Morgan fingerprint density at radius 2 is 1.58 bits per heavy atom. The zero-order valence-electron chi connectivity index (χ0n) is 7.33. The molecule has 1 aliphatic carbocycles. The Balaban J connectivity index is 0.000000720. The first-order valence-corrected chi connectivity index (χ1v) is 4.75. The summed E-state index contributed by atoms with van der Waals surface area (Å²) in [5.74, 6) is 1.77. The highest BCUT2D eigenvalue weighted by Gasteiger charge is 2.33. The van der Waals surface area contributed by atoms with E-state index in [2.05, 4.69) is 5.32 Å². The SMILES string of the molecule is Cl.OC1CC(C2CCNCC2)C1. The first-order chi connectivity index (χ1) is 5.36. The third-order valence-corrected chi connectivity index (χ3v) is 3.20. The molecule has 2 rings (SSSR count). The van der Waals surface area contributed by atoms with Crippen LogP contribution in [0.5, 0.6) is 0 Å². The highest BCUT2D eigenvalue weighted by atomic mass is 35.5. The van der Waals surface area contributed by atoms with E-state index in [0.29, 0.717) is 0 Å². The van der Waals surface area contributed by atoms with Gasteiger partial charge < -0.3 is 10.4 Å². The molecule has 2 N–H and O–H groups in total. The van der Waals surface area contributed by atoms with E-state index in [1.54, 1.807) is 0 Å². The second kappa shape index (κ2) is 4.45. The van der Waals surface area contributed by atoms with E-state index in [0.717, 1.165) is 24.7 Å². The highest BCUT2D eigenvalue weighted by molar-refractivity contribution is 5.85. The Labute approximate surface area is 80.1 Å². The fourth-order valence-corrected chi connectivity index (χ4v) is 2.33. The predicted molar refractivity (Wildman–Crippen MR) is 51.6 cm³/mol. The summed E-state index contributed by atoms with van der Waals surface area (Å²) in [5, 5.41) is 12.5. The van der Waals surface area contributed by atoms with Crippen molar-refractivity contribution in [3.05, 3.63) is 0 Å². The molecule has 0 radical (unpaired) electrons. The van der Waals surface area contributed by atoms with Crippen molar-refractivity contribution >= 4 is 12.4 Å². The van der Waals surface area contributed by atoms with Gasteiger partial charge in [-0.3, -0.25) is 0 Å². The van der Waals surface area contributed by atoms with E-state index < -0.39 is 0 Å². The molecule has 0 spiro atoms. The molecule has 3 heteroatoms. The molecule has 0 aromatic heterocycles. The first kappa shape index (κ1) is 10.3. The van der Waals surface area contributed by atoms with Crippen LogP contribution in [0.3, 0.4) is 0 Å². The van der Waals surface area contributed by atoms with Gasteiger partial charge in [-0.2, -0.15) is 0 Å². The molecule has 0 unspecified atom stereocenters. The summed E-state index contributed by atoms with van der Waals surface area (Å²) in [6, 6.07) is 0. The standard InChI is InChI=1S/C9H17NO.ClH/c11-9-5-8(6-9)7-1-3-10-4-2-7;/h7-11H,1-6H2;1H. The predicted octanol–water partition coefficient (Wildman–Crippen LogP) is 1.18. The molecular formula is C9H18ClNO. The lowest BCUT2D eigenvalue weighted by Gasteiger charge is -2.39. The van der Waals surface area contributed by atoms with E-state index in [9.17, 15) is 0 Å². The van der Waals surface area contributed by atoms with Gasteiger partial charge in [0.15, 0.2) is 0 Å². The number of aliphatic hydroxyl groups excluding tert-OH is 1. The summed E-state index contributed by atoms with van der Waals surface area (Å²) < 4.78 is 0. The molecule has 0 amide bonds. The van der Waals surface area contributed by atoms with E-state index in [-0.39, 0.29) is 18.5 Å². The number of halogens is 1. The lowest BCUT2D eigenvalue weighted by molar-refractivity contribution is 0.00682. The lowest BCUT2D eigenvalue weighted by atomic mass is 9.71. The Bertz CT molecular complexity index is 130. The quantitative estimate of drug-likeness (QED) is 0.653. The van der Waals surface area contributed by atoms with Gasteiger partial charge in [0.2, 0.25) is 0 Å². The number of aliphatic hydroxyl groups is 1. The van der Waals surface area contributed by atoms with Crippen LogP contribution in [0.2, 0.25) is 0 Å². The molecule has 1 aliphatic heterocycles. The molecule has 0 aromatic carbocycles. The number of hydrogen-bond donors (Lipinski definition) is 2. The Morgan fingerprint density at radius 3 is 2.08 bits per heavy atom. The van der Waals surface area contributed by atoms with E-state index in [4.69, 9.17) is 5.11 Å². The van der Waals surface area contributed by atoms with E-state index in [1.807, 2.05) is 0 Å². The van der Waals surface area contributed by atoms with E-state index >= 15 is 0 Å². The van der Waals surface area contributed by atoms with Crippen molar-refractivity contribution in [2.45, 2.75) is 31.8 Å². The maximum Gasteiger partial charge on any atom is 0.0545 e. The van der Waals surface area contributed by atoms with Gasteiger partial charge in [-0.15, -0.1) is 12.4 Å². The van der Waals surface area contributed by atoms with Crippen LogP contribution in [0.4, 0.5) is 0 Å². The van der Waals surface area contributed by atoms with Crippen LogP contribution in [0.15, 0.2) is 0 Å². The molecule has 1 saturated carbocycles. The fourth-order valence-electron chi connectivity index (χ4n) is 2.33. The van der Waals surface area contributed by atoms with Gasteiger partial charge >= 0.3 is 0 Å². The first-order valence-electron chi connectivity index (χ1n) is 4.75. The van der Waals surface area contributed by atoms with Gasteiger partial charge in [-0.05, 0) is 50.6 Å². The second-order valence-electron chi connectivity index (χ2n) is 3.97. The van der Waals surface area contributed by atoms with Crippen LogP contribution in [0.1, 0.15) is 25.7 Å². The van der Waals surface area contributed by atoms with Crippen LogP contribution >= 0.6 is 12.4 Å². The van der Waals surface area contributed by atoms with Gasteiger partial charge in [0.1, 0.15) is 0 Å². The molecular weight excluding hydrogens is 174 g/mol. The minimum absolute atomic E-state index is 0. The third kappa shape index (κ3) is 2.12. The van der Waals surface area contributed by atoms with Crippen LogP contribution in [0, 0.1) is 11.8 Å². The zero-order valence-corrected chi connectivity index (χ0v) is 8.15. The van der Waals surface area contributed by atoms with E-state index in [1.165, 1.54) is 25.9 Å². The molecule has 12 heavy (non-hydrogen) atoms. The molecule has 2 nitrogen and oxygen atoms in total. The average molecular weight is 192 g/mol. The van der Waals surface area contributed by atoms with Crippen molar-refractivity contribution in [2.24, 2.45) is 11.8 Å². The van der Waals surface area contributed by atoms with Crippen LogP contribution < -0.4 is 5.32 Å². The molecule has 2 fully saturated rings. The Hall–Kier alpha value is 0.210. The van der Waals surface area contributed by atoms with Gasteiger partial charge in [0, 0.05) is 0 Å². The largest absolute Gasteiger partial charge is 0.393 e. The minimum Gasteiger partial charge on any atom is -0.393 e. The van der Waals surface area contributed by atoms with Crippen molar-refractivity contribution in [1.29, 1.82) is 0 Å². The molecule has 0 bridgehead atoms. The molecule has 0 aromatic rings. The Morgan fingerprint density at radius 1 is 1.00 bits per heavy atom. The van der Waals surface area contributed by atoms with Crippen LogP contribution in [-0.4, -0.2) is 24.3 Å². The maximum absolute atomic E-state index is 9.13. The summed E-state index contributed by atoms with van der Waals surface area (Å²) in [6.07, 6.45) is 4.85. The smallest absolute Gasteiger partial charge is 0.0545 e. The topological polar surface area (TPSA) is 32.3 Å². The Kier molecular flexibility index (Phi) is 3.81. The van der Waals surface area contributed by atoms with Gasteiger partial charge in [0.05, 0.1) is 6.10 Å². The van der Waals surface area contributed by atoms with Crippen LogP contribution in [0.25, 0.3) is 0 Å². The molecule has 0 atom stereocenters. The number of nitrogens with one attached hydrogen (secondary N) is 1. The lowest BCUT2D eigenvalue weighted by Crippen LogP contribution is -2.39.